The van der Waals surface area contributed by atoms with E-state index >= 15 is 0 Å². The van der Waals surface area contributed by atoms with Crippen molar-refractivity contribution in [1.29, 1.82) is 0 Å². The number of thioether (sulfide) groups is 1. The van der Waals surface area contributed by atoms with Crippen LogP contribution in [-0.4, -0.2) is 18.0 Å². The smallest absolute Gasteiger partial charge is 0.160 e. The van der Waals surface area contributed by atoms with E-state index in [-0.39, 0.29) is 0 Å². The highest BCUT2D eigenvalue weighted by Crippen LogP contribution is 2.10. The number of nitrogens with one attached hydrogen (secondary N) is 1. The van der Waals surface area contributed by atoms with E-state index in [0.29, 0.717) is 0 Å². The monoisotopic (exact) mass is 194 g/mol. The molecule has 3 heteroatoms. The van der Waals surface area contributed by atoms with Gasteiger partial charge in [-0.05, 0) is 17.9 Å². The number of hydrogen-bond acceptors (Lipinski definition) is 2. The van der Waals surface area contributed by atoms with Crippen molar-refractivity contribution >= 4 is 22.6 Å². The van der Waals surface area contributed by atoms with Gasteiger partial charge in [0.25, 0.3) is 0 Å². The van der Waals surface area contributed by atoms with Crippen molar-refractivity contribution in [3.63, 3.8) is 0 Å². The third-order valence-corrected chi connectivity index (χ3v) is 2.36. The lowest BCUT2D eigenvalue weighted by molar-refractivity contribution is 1.44. The lowest BCUT2D eigenvalue weighted by Gasteiger charge is -2.06. The molecule has 0 saturated carbocycles. The molecule has 1 aromatic rings. The lowest BCUT2D eigenvalue weighted by atomic mass is 10.3. The lowest BCUT2D eigenvalue weighted by Crippen LogP contribution is -2.07. The van der Waals surface area contributed by atoms with E-state index in [1.165, 1.54) is 0 Å². The van der Waals surface area contributed by atoms with Crippen LogP contribution in [0.4, 0.5) is 5.69 Å². The van der Waals surface area contributed by atoms with Crippen LogP contribution in [0.1, 0.15) is 6.92 Å². The van der Waals surface area contributed by atoms with Gasteiger partial charge in [0.1, 0.15) is 0 Å². The van der Waals surface area contributed by atoms with Crippen molar-refractivity contribution in [2.75, 3.05) is 18.1 Å². The van der Waals surface area contributed by atoms with Crippen LogP contribution in [0.25, 0.3) is 0 Å². The first kappa shape index (κ1) is 10.1. The Labute approximate surface area is 83.5 Å². The Hall–Kier alpha value is -0.960. The van der Waals surface area contributed by atoms with Crippen LogP contribution in [0.2, 0.25) is 0 Å². The molecule has 70 valence electrons. The fraction of sp³-hybridized carbons (Fsp3) is 0.300. The zero-order valence-electron chi connectivity index (χ0n) is 7.95. The van der Waals surface area contributed by atoms with E-state index in [1.54, 1.807) is 18.8 Å². The molecule has 0 unspecified atom stereocenters. The van der Waals surface area contributed by atoms with E-state index in [4.69, 9.17) is 0 Å². The predicted molar refractivity (Wildman–Crippen MR) is 61.6 cm³/mol. The molecule has 0 amide bonds. The van der Waals surface area contributed by atoms with E-state index in [9.17, 15) is 0 Å². The average molecular weight is 194 g/mol. The topological polar surface area (TPSA) is 24.4 Å². The molecule has 0 radical (unpaired) electrons. The number of aliphatic imine (C=N–C) groups is 1. The van der Waals surface area contributed by atoms with E-state index in [0.717, 1.165) is 16.6 Å². The molecule has 2 nitrogen and oxygen atoms in total. The van der Waals surface area contributed by atoms with Gasteiger partial charge in [-0.2, -0.15) is 0 Å². The minimum absolute atomic E-state index is 0.966. The summed E-state index contributed by atoms with van der Waals surface area (Å²) < 4.78 is 0. The Morgan fingerprint density at radius 1 is 1.38 bits per heavy atom. The standard InChI is InChI=1S/C10H14N2S/c1-3-13-10(11-2)12-9-7-5-4-6-8-9/h4-8H,3H2,1-2H3,(H,11,12). The predicted octanol–water partition coefficient (Wildman–Crippen LogP) is 2.84. The highest BCUT2D eigenvalue weighted by atomic mass is 32.2. The van der Waals surface area contributed by atoms with Crippen LogP contribution in [0.15, 0.2) is 35.3 Å². The van der Waals surface area contributed by atoms with Gasteiger partial charge in [0.2, 0.25) is 0 Å². The van der Waals surface area contributed by atoms with Gasteiger partial charge in [-0.1, -0.05) is 36.9 Å². The van der Waals surface area contributed by atoms with Crippen molar-refractivity contribution in [2.45, 2.75) is 6.92 Å². The molecule has 0 saturated heterocycles. The molecule has 1 aromatic carbocycles. The number of rotatable bonds is 2. The molecule has 0 aliphatic heterocycles. The van der Waals surface area contributed by atoms with Gasteiger partial charge in [-0.15, -0.1) is 0 Å². The first-order valence-corrected chi connectivity index (χ1v) is 5.27. The van der Waals surface area contributed by atoms with E-state index in [1.807, 2.05) is 30.3 Å². The molecule has 0 aliphatic rings. The zero-order chi connectivity index (χ0) is 9.52. The molecule has 0 aromatic heterocycles. The third-order valence-electron chi connectivity index (χ3n) is 1.51. The van der Waals surface area contributed by atoms with Crippen molar-refractivity contribution in [2.24, 2.45) is 4.99 Å². The van der Waals surface area contributed by atoms with Crippen molar-refractivity contribution in [1.82, 2.24) is 0 Å². The summed E-state index contributed by atoms with van der Waals surface area (Å²) in [5, 5.41) is 4.21. The first-order chi connectivity index (χ1) is 6.36. The number of nitrogens with zero attached hydrogens (tertiary/aromatic N) is 1. The van der Waals surface area contributed by atoms with Crippen LogP contribution in [0, 0.1) is 0 Å². The van der Waals surface area contributed by atoms with Gasteiger partial charge >= 0.3 is 0 Å². The second-order valence-electron chi connectivity index (χ2n) is 2.45. The minimum Gasteiger partial charge on any atom is -0.335 e. The summed E-state index contributed by atoms with van der Waals surface area (Å²) in [6, 6.07) is 10.1. The summed E-state index contributed by atoms with van der Waals surface area (Å²) in [5.41, 5.74) is 1.09. The quantitative estimate of drug-likeness (QED) is 0.578. The Morgan fingerprint density at radius 3 is 2.62 bits per heavy atom. The normalized spacial score (nSPS) is 11.4. The summed E-state index contributed by atoms with van der Waals surface area (Å²) in [5.74, 6) is 1.03. The zero-order valence-corrected chi connectivity index (χ0v) is 8.77. The number of hydrogen-bond donors (Lipinski definition) is 1. The summed E-state index contributed by atoms with van der Waals surface area (Å²) in [6.45, 7) is 2.11. The Balaban J connectivity index is 2.58. The Bertz CT molecular complexity index is 270. The SMILES string of the molecule is CCSC(=NC)Nc1ccccc1. The molecule has 0 heterocycles. The summed E-state index contributed by atoms with van der Waals surface area (Å²) in [6.07, 6.45) is 0. The summed E-state index contributed by atoms with van der Waals surface area (Å²) in [4.78, 5) is 4.14. The molecule has 0 fully saturated rings. The third kappa shape index (κ3) is 3.51. The average Bonchev–Trinajstić information content (AvgIpc) is 2.19. The van der Waals surface area contributed by atoms with Gasteiger partial charge in [-0.25, -0.2) is 0 Å². The van der Waals surface area contributed by atoms with Gasteiger partial charge < -0.3 is 5.32 Å². The largest absolute Gasteiger partial charge is 0.335 e. The maximum Gasteiger partial charge on any atom is 0.160 e. The molecule has 0 bridgehead atoms. The van der Waals surface area contributed by atoms with Crippen LogP contribution in [0.3, 0.4) is 0 Å². The minimum atomic E-state index is 0.966. The molecular weight excluding hydrogens is 180 g/mol. The van der Waals surface area contributed by atoms with Crippen molar-refractivity contribution in [3.8, 4) is 0 Å². The second kappa shape index (κ2) is 5.65. The van der Waals surface area contributed by atoms with Crippen LogP contribution in [-0.2, 0) is 0 Å². The number of amidine groups is 1. The second-order valence-corrected chi connectivity index (χ2v) is 3.71. The summed E-state index contributed by atoms with van der Waals surface area (Å²) in [7, 11) is 1.80. The summed E-state index contributed by atoms with van der Waals surface area (Å²) >= 11 is 1.71. The number of benzene rings is 1. The molecule has 0 atom stereocenters. The number of para-hydroxylation sites is 1. The van der Waals surface area contributed by atoms with Crippen LogP contribution >= 0.6 is 11.8 Å². The van der Waals surface area contributed by atoms with E-state index in [2.05, 4.69) is 17.2 Å². The Kier molecular flexibility index (Phi) is 4.40. The van der Waals surface area contributed by atoms with Gasteiger partial charge in [0.05, 0.1) is 0 Å². The van der Waals surface area contributed by atoms with Crippen molar-refractivity contribution < 1.29 is 0 Å². The van der Waals surface area contributed by atoms with Gasteiger partial charge in [0, 0.05) is 12.7 Å². The fourth-order valence-electron chi connectivity index (χ4n) is 0.938. The molecular formula is C10H14N2S. The Morgan fingerprint density at radius 2 is 2.08 bits per heavy atom. The van der Waals surface area contributed by atoms with Crippen LogP contribution < -0.4 is 5.32 Å². The number of anilines is 1. The molecule has 0 aliphatic carbocycles. The molecule has 13 heavy (non-hydrogen) atoms. The fourth-order valence-corrected chi connectivity index (χ4v) is 1.53. The van der Waals surface area contributed by atoms with Gasteiger partial charge in [-0.3, -0.25) is 4.99 Å². The van der Waals surface area contributed by atoms with E-state index < -0.39 is 0 Å². The van der Waals surface area contributed by atoms with Gasteiger partial charge in [0.15, 0.2) is 5.17 Å². The van der Waals surface area contributed by atoms with Crippen LogP contribution in [0.5, 0.6) is 0 Å². The highest BCUT2D eigenvalue weighted by Gasteiger charge is 1.96. The molecule has 1 rings (SSSR count). The van der Waals surface area contributed by atoms with Crippen molar-refractivity contribution in [3.05, 3.63) is 30.3 Å². The highest BCUT2D eigenvalue weighted by molar-refractivity contribution is 8.14. The first-order valence-electron chi connectivity index (χ1n) is 4.28. The maximum absolute atomic E-state index is 4.14. The maximum atomic E-state index is 4.14. The molecule has 1 N–H and O–H groups in total. The molecule has 0 spiro atoms.